The van der Waals surface area contributed by atoms with Crippen LogP contribution in [0.4, 0.5) is 17.5 Å². The van der Waals surface area contributed by atoms with E-state index in [9.17, 15) is 4.79 Å². The van der Waals surface area contributed by atoms with Crippen molar-refractivity contribution >= 4 is 34.3 Å². The van der Waals surface area contributed by atoms with Crippen LogP contribution in [0.3, 0.4) is 0 Å². The molecule has 2 aromatic carbocycles. The lowest BCUT2D eigenvalue weighted by Gasteiger charge is -2.17. The number of ether oxygens (including phenoxy) is 1. The molecule has 5 heterocycles. The molecule has 0 unspecified atom stereocenters. The highest BCUT2D eigenvalue weighted by Crippen LogP contribution is 2.41. The zero-order valence-electron chi connectivity index (χ0n) is 23.6. The van der Waals surface area contributed by atoms with E-state index in [1.165, 1.54) is 0 Å². The fourth-order valence-corrected chi connectivity index (χ4v) is 5.61. The van der Waals surface area contributed by atoms with Crippen molar-refractivity contribution in [2.24, 2.45) is 7.05 Å². The van der Waals surface area contributed by atoms with Gasteiger partial charge < -0.3 is 19.9 Å². The van der Waals surface area contributed by atoms with E-state index in [1.807, 2.05) is 86.6 Å². The van der Waals surface area contributed by atoms with Crippen molar-refractivity contribution in [2.75, 3.05) is 17.3 Å². The quantitative estimate of drug-likeness (QED) is 0.261. The topological polar surface area (TPSA) is 114 Å². The van der Waals surface area contributed by atoms with Crippen molar-refractivity contribution in [1.29, 1.82) is 0 Å². The molecule has 7 rings (SSSR count). The van der Waals surface area contributed by atoms with Gasteiger partial charge in [0.15, 0.2) is 5.82 Å². The standard InChI is InChI=1S/C32H28N8O2/c1-18-15-35-32(36-27-14-19(2)39(3)38-27)37-28(18)24-16-34-29-21(24)9-6-12-26(29)40-17-25-20(8-5-10-23(25)31(40)41)22-11-7-13-33-30(22)42-4/h5-16,34H,17H2,1-4H3,(H,35,36,37,38). The number of aryl methyl sites for hydroxylation is 3. The van der Waals surface area contributed by atoms with Gasteiger partial charge in [0.2, 0.25) is 11.8 Å². The Morgan fingerprint density at radius 3 is 2.60 bits per heavy atom. The minimum Gasteiger partial charge on any atom is -0.481 e. The average molecular weight is 557 g/mol. The number of amides is 1. The van der Waals surface area contributed by atoms with Crippen molar-refractivity contribution in [3.8, 4) is 28.3 Å². The molecule has 1 aliphatic rings. The van der Waals surface area contributed by atoms with Gasteiger partial charge in [0, 0.05) is 59.5 Å². The molecule has 10 heteroatoms. The maximum atomic E-state index is 13.8. The first-order valence-corrected chi connectivity index (χ1v) is 13.6. The van der Waals surface area contributed by atoms with Gasteiger partial charge in [0.1, 0.15) is 0 Å². The third-order valence-electron chi connectivity index (χ3n) is 7.79. The van der Waals surface area contributed by atoms with Crippen LogP contribution in [0, 0.1) is 13.8 Å². The van der Waals surface area contributed by atoms with Gasteiger partial charge in [0.25, 0.3) is 5.91 Å². The largest absolute Gasteiger partial charge is 0.481 e. The number of fused-ring (bicyclic) bond motifs is 2. The highest BCUT2D eigenvalue weighted by atomic mass is 16.5. The Kier molecular flexibility index (Phi) is 5.97. The number of carbonyl (C=O) groups is 1. The monoisotopic (exact) mass is 556 g/mol. The molecule has 208 valence electrons. The summed E-state index contributed by atoms with van der Waals surface area (Å²) in [6, 6.07) is 17.6. The number of hydrogen-bond acceptors (Lipinski definition) is 7. The van der Waals surface area contributed by atoms with Crippen molar-refractivity contribution < 1.29 is 9.53 Å². The molecule has 10 nitrogen and oxygen atoms in total. The molecule has 0 radical (unpaired) electrons. The molecule has 1 aliphatic heterocycles. The highest BCUT2D eigenvalue weighted by molar-refractivity contribution is 6.15. The van der Waals surface area contributed by atoms with Crippen LogP contribution < -0.4 is 15.0 Å². The zero-order valence-corrected chi connectivity index (χ0v) is 23.6. The van der Waals surface area contributed by atoms with E-state index in [0.29, 0.717) is 29.8 Å². The third-order valence-corrected chi connectivity index (χ3v) is 7.79. The van der Waals surface area contributed by atoms with E-state index < -0.39 is 0 Å². The maximum Gasteiger partial charge on any atom is 0.259 e. The molecule has 0 spiro atoms. The Labute approximate surface area is 242 Å². The van der Waals surface area contributed by atoms with Crippen LogP contribution in [0.15, 0.2) is 73.2 Å². The third kappa shape index (κ3) is 4.07. The van der Waals surface area contributed by atoms with Crippen LogP contribution in [-0.4, -0.2) is 42.7 Å². The predicted octanol–water partition coefficient (Wildman–Crippen LogP) is 5.95. The molecule has 0 aliphatic carbocycles. The van der Waals surface area contributed by atoms with Crippen molar-refractivity contribution in [2.45, 2.75) is 20.4 Å². The Morgan fingerprint density at radius 1 is 0.976 bits per heavy atom. The summed E-state index contributed by atoms with van der Waals surface area (Å²) in [6.07, 6.45) is 5.44. The van der Waals surface area contributed by atoms with E-state index in [0.717, 1.165) is 55.8 Å². The normalized spacial score (nSPS) is 12.7. The minimum absolute atomic E-state index is 0.0475. The second-order valence-electron chi connectivity index (χ2n) is 10.3. The molecule has 6 aromatic rings. The number of benzene rings is 2. The van der Waals surface area contributed by atoms with Gasteiger partial charge in [-0.25, -0.2) is 15.0 Å². The summed E-state index contributed by atoms with van der Waals surface area (Å²) in [4.78, 5) is 32.7. The number of carbonyl (C=O) groups excluding carboxylic acids is 1. The number of nitrogens with one attached hydrogen (secondary N) is 2. The molecular weight excluding hydrogens is 528 g/mol. The summed E-state index contributed by atoms with van der Waals surface area (Å²) in [5.74, 6) is 1.62. The average Bonchev–Trinajstić information content (AvgIpc) is 3.68. The van der Waals surface area contributed by atoms with Gasteiger partial charge in [-0.1, -0.05) is 24.3 Å². The molecule has 2 N–H and O–H groups in total. The number of hydrogen-bond donors (Lipinski definition) is 2. The van der Waals surface area contributed by atoms with Gasteiger partial charge in [0.05, 0.1) is 30.6 Å². The van der Waals surface area contributed by atoms with E-state index in [-0.39, 0.29) is 5.91 Å². The first-order valence-electron chi connectivity index (χ1n) is 13.6. The Morgan fingerprint density at radius 2 is 1.79 bits per heavy atom. The maximum absolute atomic E-state index is 13.8. The predicted molar refractivity (Wildman–Crippen MR) is 162 cm³/mol. The SMILES string of the molecule is COc1ncccc1-c1cccc2c1CN(c1cccc3c(-c4nc(Nc5cc(C)n(C)n5)ncc4C)c[nH]c13)C2=O. The number of rotatable bonds is 6. The zero-order chi connectivity index (χ0) is 29.0. The molecule has 0 bridgehead atoms. The van der Waals surface area contributed by atoms with Crippen LogP contribution in [0.1, 0.15) is 27.2 Å². The summed E-state index contributed by atoms with van der Waals surface area (Å²) >= 11 is 0. The molecule has 0 fully saturated rings. The molecule has 4 aromatic heterocycles. The first-order chi connectivity index (χ1) is 20.4. The summed E-state index contributed by atoms with van der Waals surface area (Å²) in [6.45, 7) is 4.41. The van der Waals surface area contributed by atoms with E-state index in [2.05, 4.69) is 25.4 Å². The van der Waals surface area contributed by atoms with Gasteiger partial charge >= 0.3 is 0 Å². The molecule has 0 atom stereocenters. The van der Waals surface area contributed by atoms with Crippen molar-refractivity contribution in [1.82, 2.24) is 29.7 Å². The molecule has 1 amide bonds. The smallest absolute Gasteiger partial charge is 0.259 e. The van der Waals surface area contributed by atoms with E-state index in [1.54, 1.807) is 24.2 Å². The van der Waals surface area contributed by atoms with Gasteiger partial charge in [-0.3, -0.25) is 9.48 Å². The van der Waals surface area contributed by atoms with Crippen LogP contribution in [-0.2, 0) is 13.6 Å². The number of aromatic nitrogens is 6. The first kappa shape index (κ1) is 25.5. The number of para-hydroxylation sites is 1. The van der Waals surface area contributed by atoms with Crippen LogP contribution >= 0.6 is 0 Å². The summed E-state index contributed by atoms with van der Waals surface area (Å²) in [5, 5.41) is 8.63. The van der Waals surface area contributed by atoms with Crippen LogP contribution in [0.25, 0.3) is 33.3 Å². The number of H-pyrrole nitrogens is 1. The number of pyridine rings is 1. The number of aromatic amines is 1. The van der Waals surface area contributed by atoms with Crippen molar-refractivity contribution in [3.63, 3.8) is 0 Å². The summed E-state index contributed by atoms with van der Waals surface area (Å²) in [5.41, 5.74) is 8.77. The number of nitrogens with zero attached hydrogens (tertiary/aromatic N) is 6. The minimum atomic E-state index is -0.0475. The van der Waals surface area contributed by atoms with Gasteiger partial charge in [-0.15, -0.1) is 0 Å². The number of methoxy groups -OCH3 is 1. The second-order valence-corrected chi connectivity index (χ2v) is 10.3. The lowest BCUT2D eigenvalue weighted by molar-refractivity contribution is 0.0997. The van der Waals surface area contributed by atoms with Crippen LogP contribution in [0.2, 0.25) is 0 Å². The fourth-order valence-electron chi connectivity index (χ4n) is 5.61. The molecule has 42 heavy (non-hydrogen) atoms. The number of anilines is 3. The molecular formula is C32H28N8O2. The summed E-state index contributed by atoms with van der Waals surface area (Å²) < 4.78 is 7.32. The fraction of sp³-hybridized carbons (Fsp3) is 0.156. The van der Waals surface area contributed by atoms with Crippen molar-refractivity contribution in [3.05, 3.63) is 95.6 Å². The van der Waals surface area contributed by atoms with E-state index >= 15 is 0 Å². The molecule has 0 saturated heterocycles. The Balaban J connectivity index is 1.27. The summed E-state index contributed by atoms with van der Waals surface area (Å²) in [7, 11) is 3.50. The van der Waals surface area contributed by atoms with Crippen LogP contribution in [0.5, 0.6) is 5.88 Å². The van der Waals surface area contributed by atoms with E-state index in [4.69, 9.17) is 9.72 Å². The van der Waals surface area contributed by atoms with Gasteiger partial charge in [-0.05, 0) is 54.8 Å². The Hall–Kier alpha value is -5.51. The lowest BCUT2D eigenvalue weighted by atomic mass is 9.98. The highest BCUT2D eigenvalue weighted by Gasteiger charge is 2.32. The van der Waals surface area contributed by atoms with Gasteiger partial charge in [-0.2, -0.15) is 5.10 Å². The lowest BCUT2D eigenvalue weighted by Crippen LogP contribution is -2.23. The Bertz CT molecular complexity index is 1990. The second kappa shape index (κ2) is 9.84. The molecule has 0 saturated carbocycles.